The van der Waals surface area contributed by atoms with Crippen molar-refractivity contribution in [3.8, 4) is 5.75 Å². The summed E-state index contributed by atoms with van der Waals surface area (Å²) in [5.41, 5.74) is -1.05. The van der Waals surface area contributed by atoms with Gasteiger partial charge in [-0.05, 0) is 37.5 Å². The highest BCUT2D eigenvalue weighted by molar-refractivity contribution is 5.75. The first kappa shape index (κ1) is 14.8. The molecule has 1 aliphatic rings. The zero-order valence-electron chi connectivity index (χ0n) is 10.7. The van der Waals surface area contributed by atoms with Crippen molar-refractivity contribution >= 4 is 6.29 Å². The van der Waals surface area contributed by atoms with E-state index in [1.165, 1.54) is 6.07 Å². The molecule has 1 aromatic carbocycles. The molecule has 0 aromatic heterocycles. The van der Waals surface area contributed by atoms with Crippen LogP contribution >= 0.6 is 0 Å². The standard InChI is InChI=1S/C14H15F3O3/c15-14(16,17)10-7-9(8-18)5-6-12(10)20-13-4-2-1-3-11(13)19/h5-8,11,13,19H,1-4H2. The molecular formula is C14H15F3O3. The van der Waals surface area contributed by atoms with E-state index in [-0.39, 0.29) is 11.3 Å². The molecule has 1 aromatic rings. The lowest BCUT2D eigenvalue weighted by Crippen LogP contribution is -2.35. The van der Waals surface area contributed by atoms with E-state index in [0.29, 0.717) is 19.1 Å². The number of benzene rings is 1. The molecule has 2 unspecified atom stereocenters. The van der Waals surface area contributed by atoms with Crippen molar-refractivity contribution in [3.05, 3.63) is 29.3 Å². The van der Waals surface area contributed by atoms with Crippen molar-refractivity contribution in [1.29, 1.82) is 0 Å². The topological polar surface area (TPSA) is 46.5 Å². The number of hydrogen-bond donors (Lipinski definition) is 1. The third kappa shape index (κ3) is 3.30. The molecule has 6 heteroatoms. The van der Waals surface area contributed by atoms with Gasteiger partial charge in [-0.2, -0.15) is 13.2 Å². The predicted octanol–water partition coefficient (Wildman–Crippen LogP) is 3.20. The average molecular weight is 288 g/mol. The Balaban J connectivity index is 2.28. The first-order valence-electron chi connectivity index (χ1n) is 6.43. The fourth-order valence-corrected chi connectivity index (χ4v) is 2.32. The Labute approximate surface area is 114 Å². The maximum atomic E-state index is 13.0. The number of aliphatic hydroxyl groups excluding tert-OH is 1. The maximum Gasteiger partial charge on any atom is 0.419 e. The van der Waals surface area contributed by atoms with Gasteiger partial charge in [0.25, 0.3) is 0 Å². The SMILES string of the molecule is O=Cc1ccc(OC2CCCCC2O)c(C(F)(F)F)c1. The van der Waals surface area contributed by atoms with E-state index >= 15 is 0 Å². The Morgan fingerprint density at radius 3 is 2.55 bits per heavy atom. The Bertz CT molecular complexity index is 485. The van der Waals surface area contributed by atoms with Crippen LogP contribution in [0.1, 0.15) is 41.6 Å². The minimum absolute atomic E-state index is 0.0612. The first-order chi connectivity index (χ1) is 9.41. The number of rotatable bonds is 3. The van der Waals surface area contributed by atoms with Crippen LogP contribution in [0.15, 0.2) is 18.2 Å². The van der Waals surface area contributed by atoms with Crippen molar-refractivity contribution in [2.45, 2.75) is 44.1 Å². The van der Waals surface area contributed by atoms with Gasteiger partial charge in [0.2, 0.25) is 0 Å². The number of hydrogen-bond acceptors (Lipinski definition) is 3. The van der Waals surface area contributed by atoms with Gasteiger partial charge in [-0.1, -0.05) is 6.42 Å². The summed E-state index contributed by atoms with van der Waals surface area (Å²) in [6, 6.07) is 3.16. The van der Waals surface area contributed by atoms with Gasteiger partial charge in [0.1, 0.15) is 18.1 Å². The van der Waals surface area contributed by atoms with E-state index in [4.69, 9.17) is 4.74 Å². The fraction of sp³-hybridized carbons (Fsp3) is 0.500. The van der Waals surface area contributed by atoms with Crippen LogP contribution in [0.4, 0.5) is 13.2 Å². The molecule has 0 spiro atoms. The molecule has 0 amide bonds. The molecule has 3 nitrogen and oxygen atoms in total. The minimum atomic E-state index is -4.60. The van der Waals surface area contributed by atoms with Crippen LogP contribution in [0.25, 0.3) is 0 Å². The molecule has 0 aliphatic heterocycles. The van der Waals surface area contributed by atoms with Crippen molar-refractivity contribution in [3.63, 3.8) is 0 Å². The molecule has 0 heterocycles. The Hall–Kier alpha value is -1.56. The highest BCUT2D eigenvalue weighted by Gasteiger charge is 2.36. The number of carbonyl (C=O) groups is 1. The van der Waals surface area contributed by atoms with Gasteiger partial charge in [0.15, 0.2) is 0 Å². The second-order valence-electron chi connectivity index (χ2n) is 4.88. The number of aldehydes is 1. The largest absolute Gasteiger partial charge is 0.487 e. The molecule has 0 radical (unpaired) electrons. The second kappa shape index (κ2) is 5.83. The van der Waals surface area contributed by atoms with Gasteiger partial charge in [-0.3, -0.25) is 4.79 Å². The summed E-state index contributed by atoms with van der Waals surface area (Å²) in [5.74, 6) is -0.339. The van der Waals surface area contributed by atoms with Crippen LogP contribution in [0.3, 0.4) is 0 Å². The molecule has 1 saturated carbocycles. The summed E-state index contributed by atoms with van der Waals surface area (Å²) < 4.78 is 44.2. The van der Waals surface area contributed by atoms with Crippen LogP contribution in [0, 0.1) is 0 Å². The molecule has 1 aliphatic carbocycles. The van der Waals surface area contributed by atoms with Crippen LogP contribution < -0.4 is 4.74 Å². The minimum Gasteiger partial charge on any atom is -0.487 e. The highest BCUT2D eigenvalue weighted by atomic mass is 19.4. The molecular weight excluding hydrogens is 273 g/mol. The van der Waals surface area contributed by atoms with E-state index < -0.39 is 23.9 Å². The van der Waals surface area contributed by atoms with Crippen molar-refractivity contribution in [2.75, 3.05) is 0 Å². The fourth-order valence-electron chi connectivity index (χ4n) is 2.32. The zero-order valence-corrected chi connectivity index (χ0v) is 10.7. The lowest BCUT2D eigenvalue weighted by atomic mass is 9.94. The lowest BCUT2D eigenvalue weighted by Gasteiger charge is -2.29. The highest BCUT2D eigenvalue weighted by Crippen LogP contribution is 2.38. The summed E-state index contributed by atoms with van der Waals surface area (Å²) in [6.07, 6.45) is -2.93. The van der Waals surface area contributed by atoms with E-state index in [2.05, 4.69) is 0 Å². The monoisotopic (exact) mass is 288 g/mol. The Morgan fingerprint density at radius 2 is 1.95 bits per heavy atom. The molecule has 0 bridgehead atoms. The Morgan fingerprint density at radius 1 is 1.25 bits per heavy atom. The van der Waals surface area contributed by atoms with E-state index in [1.807, 2.05) is 0 Å². The van der Waals surface area contributed by atoms with Gasteiger partial charge in [-0.25, -0.2) is 0 Å². The predicted molar refractivity (Wildman–Crippen MR) is 65.7 cm³/mol. The molecule has 20 heavy (non-hydrogen) atoms. The van der Waals surface area contributed by atoms with E-state index in [0.717, 1.165) is 25.0 Å². The van der Waals surface area contributed by atoms with Gasteiger partial charge >= 0.3 is 6.18 Å². The van der Waals surface area contributed by atoms with E-state index in [9.17, 15) is 23.1 Å². The quantitative estimate of drug-likeness (QED) is 0.869. The van der Waals surface area contributed by atoms with Crippen LogP contribution in [0.2, 0.25) is 0 Å². The molecule has 110 valence electrons. The third-order valence-corrected chi connectivity index (χ3v) is 3.39. The summed E-state index contributed by atoms with van der Waals surface area (Å²) in [4.78, 5) is 10.6. The van der Waals surface area contributed by atoms with Gasteiger partial charge in [0.05, 0.1) is 11.7 Å². The number of carbonyl (C=O) groups excluding carboxylic acids is 1. The number of halogens is 3. The summed E-state index contributed by atoms with van der Waals surface area (Å²) in [6.45, 7) is 0. The van der Waals surface area contributed by atoms with Crippen molar-refractivity contribution in [1.82, 2.24) is 0 Å². The molecule has 0 saturated heterocycles. The van der Waals surface area contributed by atoms with Crippen molar-refractivity contribution < 1.29 is 27.8 Å². The number of ether oxygens (including phenoxy) is 1. The Kier molecular flexibility index (Phi) is 4.32. The van der Waals surface area contributed by atoms with Gasteiger partial charge in [-0.15, -0.1) is 0 Å². The van der Waals surface area contributed by atoms with Crippen LogP contribution in [-0.2, 0) is 6.18 Å². The maximum absolute atomic E-state index is 13.0. The molecule has 2 rings (SSSR count). The zero-order chi connectivity index (χ0) is 14.8. The molecule has 1 fully saturated rings. The molecule has 2 atom stereocenters. The van der Waals surface area contributed by atoms with Gasteiger partial charge < -0.3 is 9.84 Å². The first-order valence-corrected chi connectivity index (χ1v) is 6.43. The summed E-state index contributed by atoms with van der Waals surface area (Å²) in [5, 5.41) is 9.76. The third-order valence-electron chi connectivity index (χ3n) is 3.39. The van der Waals surface area contributed by atoms with Crippen molar-refractivity contribution in [2.24, 2.45) is 0 Å². The van der Waals surface area contributed by atoms with Crippen LogP contribution in [0.5, 0.6) is 5.75 Å². The van der Waals surface area contributed by atoms with E-state index in [1.54, 1.807) is 0 Å². The summed E-state index contributed by atoms with van der Waals surface area (Å²) >= 11 is 0. The lowest BCUT2D eigenvalue weighted by molar-refractivity contribution is -0.140. The average Bonchev–Trinajstić information content (AvgIpc) is 2.40. The smallest absolute Gasteiger partial charge is 0.419 e. The van der Waals surface area contributed by atoms with Gasteiger partial charge in [0, 0.05) is 5.56 Å². The molecule has 1 N–H and O–H groups in total. The second-order valence-corrected chi connectivity index (χ2v) is 4.88. The number of aliphatic hydroxyl groups is 1. The number of alkyl halides is 3. The van der Waals surface area contributed by atoms with Crippen LogP contribution in [-0.4, -0.2) is 23.6 Å². The normalized spacial score (nSPS) is 23.4. The summed E-state index contributed by atoms with van der Waals surface area (Å²) in [7, 11) is 0.